The van der Waals surface area contributed by atoms with Crippen LogP contribution < -0.4 is 0 Å². The molecule has 0 unspecified atom stereocenters. The Hall–Kier alpha value is -2.10. The van der Waals surface area contributed by atoms with Crippen molar-refractivity contribution in [3.63, 3.8) is 0 Å². The highest BCUT2D eigenvalue weighted by atomic mass is 79.9. The fraction of sp³-hybridized carbons (Fsp3) is 0.250. The zero-order valence-corrected chi connectivity index (χ0v) is 17.1. The lowest BCUT2D eigenvalue weighted by Gasteiger charge is -2.35. The molecule has 27 heavy (non-hydrogen) atoms. The third-order valence-electron chi connectivity index (χ3n) is 5.96. The molecule has 3 heteroatoms. The van der Waals surface area contributed by atoms with E-state index in [1.165, 1.54) is 38.5 Å². The van der Waals surface area contributed by atoms with Crippen molar-refractivity contribution in [1.82, 2.24) is 9.88 Å². The molecular weight excluding hydrogens is 396 g/mol. The number of hydrogen-bond donors (Lipinski definition) is 1. The van der Waals surface area contributed by atoms with Gasteiger partial charge in [-0.1, -0.05) is 65.3 Å². The maximum atomic E-state index is 3.73. The maximum Gasteiger partial charge on any atom is 0.0502 e. The van der Waals surface area contributed by atoms with E-state index in [4.69, 9.17) is 0 Å². The molecule has 1 aromatic heterocycles. The standard InChI is InChI=1S/C24H23BrN2/c1-2-23-24-20(21-14-18(25)10-11-22(21)26-24)12-13-27(23)15-17-8-5-7-16-6-3-4-9-19(16)17/h3-11,14,23,26H,2,12-13,15H2,1H3/t23-/m1/s1. The molecular formula is C24H23BrN2. The number of rotatable bonds is 3. The van der Waals surface area contributed by atoms with Crippen LogP contribution in [0.2, 0.25) is 0 Å². The molecule has 0 saturated heterocycles. The van der Waals surface area contributed by atoms with Crippen molar-refractivity contribution in [2.24, 2.45) is 0 Å². The zero-order chi connectivity index (χ0) is 18.4. The Morgan fingerprint density at radius 3 is 2.78 bits per heavy atom. The smallest absolute Gasteiger partial charge is 0.0502 e. The van der Waals surface area contributed by atoms with Gasteiger partial charge in [0.1, 0.15) is 0 Å². The predicted molar refractivity (Wildman–Crippen MR) is 117 cm³/mol. The highest BCUT2D eigenvalue weighted by molar-refractivity contribution is 9.10. The highest BCUT2D eigenvalue weighted by Crippen LogP contribution is 2.38. The molecule has 3 aromatic carbocycles. The topological polar surface area (TPSA) is 19.0 Å². The maximum absolute atomic E-state index is 3.73. The number of fused-ring (bicyclic) bond motifs is 4. The SMILES string of the molecule is CC[C@@H]1c2[nH]c3ccc(Br)cc3c2CCN1Cc1cccc2ccccc12. The number of H-pyrrole nitrogens is 1. The summed E-state index contributed by atoms with van der Waals surface area (Å²) < 4.78 is 1.16. The Bertz CT molecular complexity index is 1120. The molecule has 0 fully saturated rings. The fourth-order valence-electron chi connectivity index (χ4n) is 4.69. The molecule has 0 radical (unpaired) electrons. The molecule has 4 aromatic rings. The van der Waals surface area contributed by atoms with E-state index >= 15 is 0 Å². The number of aromatic amines is 1. The minimum absolute atomic E-state index is 0.443. The second kappa shape index (κ2) is 6.81. The van der Waals surface area contributed by atoms with Crippen molar-refractivity contribution >= 4 is 37.6 Å². The number of hydrogen-bond acceptors (Lipinski definition) is 1. The lowest BCUT2D eigenvalue weighted by Crippen LogP contribution is -2.34. The molecule has 0 bridgehead atoms. The number of nitrogens with zero attached hydrogens (tertiary/aromatic N) is 1. The van der Waals surface area contributed by atoms with Crippen molar-refractivity contribution in [2.75, 3.05) is 6.54 Å². The first-order chi connectivity index (χ1) is 13.2. The van der Waals surface area contributed by atoms with Gasteiger partial charge in [-0.25, -0.2) is 0 Å². The summed E-state index contributed by atoms with van der Waals surface area (Å²) in [7, 11) is 0. The molecule has 2 heterocycles. The Kier molecular flexibility index (Phi) is 4.30. The van der Waals surface area contributed by atoms with Crippen LogP contribution in [-0.4, -0.2) is 16.4 Å². The van der Waals surface area contributed by atoms with Crippen LogP contribution >= 0.6 is 15.9 Å². The van der Waals surface area contributed by atoms with E-state index in [0.29, 0.717) is 6.04 Å². The molecule has 2 nitrogen and oxygen atoms in total. The van der Waals surface area contributed by atoms with Gasteiger partial charge < -0.3 is 4.98 Å². The molecule has 1 aliphatic rings. The van der Waals surface area contributed by atoms with Gasteiger partial charge in [-0.2, -0.15) is 0 Å². The van der Waals surface area contributed by atoms with Crippen molar-refractivity contribution in [3.8, 4) is 0 Å². The van der Waals surface area contributed by atoms with Crippen LogP contribution in [0, 0.1) is 0 Å². The van der Waals surface area contributed by atoms with Gasteiger partial charge >= 0.3 is 0 Å². The fourth-order valence-corrected chi connectivity index (χ4v) is 5.05. The van der Waals surface area contributed by atoms with E-state index in [1.807, 2.05) is 0 Å². The Morgan fingerprint density at radius 2 is 1.89 bits per heavy atom. The largest absolute Gasteiger partial charge is 0.357 e. The predicted octanol–water partition coefficient (Wildman–Crippen LogP) is 6.59. The van der Waals surface area contributed by atoms with Crippen molar-refractivity contribution in [2.45, 2.75) is 32.4 Å². The van der Waals surface area contributed by atoms with Gasteiger partial charge in [0.05, 0.1) is 6.04 Å². The lowest BCUT2D eigenvalue weighted by molar-refractivity contribution is 0.169. The van der Waals surface area contributed by atoms with Crippen LogP contribution in [0.5, 0.6) is 0 Å². The minimum Gasteiger partial charge on any atom is -0.357 e. The van der Waals surface area contributed by atoms with Gasteiger partial charge in [-0.3, -0.25) is 4.90 Å². The van der Waals surface area contributed by atoms with Gasteiger partial charge in [0.15, 0.2) is 0 Å². The zero-order valence-electron chi connectivity index (χ0n) is 15.5. The van der Waals surface area contributed by atoms with Gasteiger partial charge in [-0.05, 0) is 52.9 Å². The van der Waals surface area contributed by atoms with Gasteiger partial charge in [0.2, 0.25) is 0 Å². The molecule has 0 aliphatic carbocycles. The summed E-state index contributed by atoms with van der Waals surface area (Å²) in [4.78, 5) is 6.38. The molecule has 0 spiro atoms. The summed E-state index contributed by atoms with van der Waals surface area (Å²) in [6, 6.07) is 22.4. The second-order valence-corrected chi connectivity index (χ2v) is 8.41. The molecule has 136 valence electrons. The second-order valence-electron chi connectivity index (χ2n) is 7.49. The first-order valence-electron chi connectivity index (χ1n) is 9.75. The molecule has 1 atom stereocenters. The van der Waals surface area contributed by atoms with Crippen molar-refractivity contribution in [3.05, 3.63) is 82.0 Å². The first kappa shape index (κ1) is 17.0. The summed E-state index contributed by atoms with van der Waals surface area (Å²) >= 11 is 3.63. The third-order valence-corrected chi connectivity index (χ3v) is 6.46. The van der Waals surface area contributed by atoms with Crippen LogP contribution in [0.1, 0.15) is 36.2 Å². The Balaban J connectivity index is 1.54. The summed E-state index contributed by atoms with van der Waals surface area (Å²) in [6.45, 7) is 4.41. The minimum atomic E-state index is 0.443. The summed E-state index contributed by atoms with van der Waals surface area (Å²) in [5.41, 5.74) is 5.60. The van der Waals surface area contributed by atoms with Crippen LogP contribution in [0.4, 0.5) is 0 Å². The van der Waals surface area contributed by atoms with E-state index in [0.717, 1.165) is 30.4 Å². The average molecular weight is 419 g/mol. The average Bonchev–Trinajstić information content (AvgIpc) is 3.06. The molecule has 0 amide bonds. The number of nitrogens with one attached hydrogen (secondary N) is 1. The summed E-state index contributed by atoms with van der Waals surface area (Å²) in [5, 5.41) is 4.08. The third kappa shape index (κ3) is 2.90. The van der Waals surface area contributed by atoms with Gasteiger partial charge in [-0.15, -0.1) is 0 Å². The normalized spacial score (nSPS) is 17.5. The van der Waals surface area contributed by atoms with Crippen molar-refractivity contribution in [1.29, 1.82) is 0 Å². The van der Waals surface area contributed by atoms with E-state index in [1.54, 1.807) is 0 Å². The quantitative estimate of drug-likeness (QED) is 0.397. The number of halogens is 1. The monoisotopic (exact) mass is 418 g/mol. The lowest BCUT2D eigenvalue weighted by atomic mass is 9.94. The van der Waals surface area contributed by atoms with Gasteiger partial charge in [0.25, 0.3) is 0 Å². The van der Waals surface area contributed by atoms with E-state index in [2.05, 4.69) is 93.4 Å². The molecule has 1 aliphatic heterocycles. The van der Waals surface area contributed by atoms with Crippen LogP contribution in [0.3, 0.4) is 0 Å². The summed E-state index contributed by atoms with van der Waals surface area (Å²) in [6.07, 6.45) is 2.22. The van der Waals surface area contributed by atoms with Crippen LogP contribution in [0.25, 0.3) is 21.7 Å². The molecule has 1 N–H and O–H groups in total. The number of aromatic nitrogens is 1. The van der Waals surface area contributed by atoms with E-state index in [9.17, 15) is 0 Å². The van der Waals surface area contributed by atoms with Crippen LogP contribution in [-0.2, 0) is 13.0 Å². The van der Waals surface area contributed by atoms with Crippen LogP contribution in [0.15, 0.2) is 65.1 Å². The molecule has 0 saturated carbocycles. The Morgan fingerprint density at radius 1 is 1.04 bits per heavy atom. The van der Waals surface area contributed by atoms with Crippen molar-refractivity contribution < 1.29 is 0 Å². The summed E-state index contributed by atoms with van der Waals surface area (Å²) in [5.74, 6) is 0. The first-order valence-corrected chi connectivity index (χ1v) is 10.5. The molecule has 5 rings (SSSR count). The highest BCUT2D eigenvalue weighted by Gasteiger charge is 2.29. The van der Waals surface area contributed by atoms with E-state index in [-0.39, 0.29) is 0 Å². The van der Waals surface area contributed by atoms with Gasteiger partial charge in [0, 0.05) is 34.2 Å². The Labute approximate surface area is 168 Å². The number of benzene rings is 3. The van der Waals surface area contributed by atoms with E-state index < -0.39 is 0 Å².